The van der Waals surface area contributed by atoms with Crippen molar-refractivity contribution in [2.75, 3.05) is 6.61 Å². The van der Waals surface area contributed by atoms with Crippen LogP contribution in [-0.2, 0) is 24.3 Å². The molecular weight excluding hydrogens is 428 g/mol. The number of rotatable bonds is 7. The van der Waals surface area contributed by atoms with E-state index < -0.39 is 23.1 Å². The first kappa shape index (κ1) is 22.6. The summed E-state index contributed by atoms with van der Waals surface area (Å²) in [4.78, 5) is 30.0. The zero-order chi connectivity index (χ0) is 22.5. The molecule has 6 nitrogen and oxygen atoms in total. The van der Waals surface area contributed by atoms with Gasteiger partial charge in [0.2, 0.25) is 5.91 Å². The van der Waals surface area contributed by atoms with Gasteiger partial charge in [0, 0.05) is 36.4 Å². The van der Waals surface area contributed by atoms with E-state index in [9.17, 15) is 23.5 Å². The van der Waals surface area contributed by atoms with Crippen molar-refractivity contribution in [1.29, 1.82) is 0 Å². The van der Waals surface area contributed by atoms with Gasteiger partial charge < -0.3 is 10.4 Å². The Morgan fingerprint density at radius 1 is 1.19 bits per heavy atom. The molecule has 9 heteroatoms. The van der Waals surface area contributed by atoms with E-state index in [0.29, 0.717) is 22.4 Å². The topological polar surface area (TPSA) is 84.2 Å². The highest BCUT2D eigenvalue weighted by molar-refractivity contribution is 6.30. The van der Waals surface area contributed by atoms with E-state index in [4.69, 9.17) is 11.6 Å². The van der Waals surface area contributed by atoms with Crippen molar-refractivity contribution in [2.24, 2.45) is 0 Å². The molecule has 3 rings (SSSR count). The first-order chi connectivity index (χ1) is 14.8. The predicted molar refractivity (Wildman–Crippen MR) is 113 cm³/mol. The minimum absolute atomic E-state index is 0.0575. The number of hydrogen-bond acceptors (Lipinski definition) is 4. The van der Waals surface area contributed by atoms with E-state index in [1.807, 2.05) is 0 Å². The van der Waals surface area contributed by atoms with E-state index in [2.05, 4.69) is 10.3 Å². The lowest BCUT2D eigenvalue weighted by Gasteiger charge is -2.16. The van der Waals surface area contributed by atoms with Crippen LogP contribution in [0.4, 0.5) is 8.78 Å². The predicted octanol–water partition coefficient (Wildman–Crippen LogP) is 3.00. The maximum absolute atomic E-state index is 13.3. The third-order valence-electron chi connectivity index (χ3n) is 4.71. The molecule has 0 bridgehead atoms. The van der Waals surface area contributed by atoms with Crippen LogP contribution in [0.5, 0.6) is 0 Å². The van der Waals surface area contributed by atoms with Crippen molar-refractivity contribution >= 4 is 17.5 Å². The molecule has 162 valence electrons. The van der Waals surface area contributed by atoms with E-state index in [1.165, 1.54) is 47.0 Å². The van der Waals surface area contributed by atoms with Crippen LogP contribution in [-0.4, -0.2) is 27.2 Å². The van der Waals surface area contributed by atoms with Crippen molar-refractivity contribution in [3.05, 3.63) is 86.3 Å². The monoisotopic (exact) mass is 447 g/mol. The maximum Gasteiger partial charge on any atom is 0.257 e. The van der Waals surface area contributed by atoms with Gasteiger partial charge in [0.05, 0.1) is 5.02 Å². The molecule has 0 radical (unpaired) electrons. The number of halogens is 3. The quantitative estimate of drug-likeness (QED) is 0.583. The summed E-state index contributed by atoms with van der Waals surface area (Å²) in [5.74, 6) is -1.27. The number of nitrogens with one attached hydrogen (secondary N) is 1. The van der Waals surface area contributed by atoms with Crippen molar-refractivity contribution in [2.45, 2.75) is 26.4 Å². The molecule has 0 aliphatic carbocycles. The molecule has 0 saturated heterocycles. The van der Waals surface area contributed by atoms with E-state index >= 15 is 0 Å². The molecule has 3 aromatic rings. The molecule has 0 spiro atoms. The van der Waals surface area contributed by atoms with Gasteiger partial charge in [-0.25, -0.2) is 13.8 Å². The van der Waals surface area contributed by atoms with Crippen LogP contribution in [0, 0.1) is 18.6 Å². The third kappa shape index (κ3) is 5.34. The molecule has 0 aliphatic heterocycles. The Bertz CT molecular complexity index is 1160. The number of amides is 1. The Labute approximate surface area is 182 Å². The van der Waals surface area contributed by atoms with Crippen LogP contribution in [0.3, 0.4) is 0 Å². The second-order valence-corrected chi connectivity index (χ2v) is 7.30. The molecule has 1 heterocycles. The molecule has 0 aliphatic rings. The molecule has 2 N–H and O–H groups in total. The summed E-state index contributed by atoms with van der Waals surface area (Å²) in [6.07, 6.45) is 0.0943. The van der Waals surface area contributed by atoms with Gasteiger partial charge in [0.1, 0.15) is 24.0 Å². The fourth-order valence-corrected chi connectivity index (χ4v) is 3.32. The molecular formula is C22H20ClF2N3O3. The number of aliphatic hydroxyl groups is 1. The first-order valence-corrected chi connectivity index (χ1v) is 9.85. The number of hydrogen-bond donors (Lipinski definition) is 2. The second kappa shape index (κ2) is 9.80. The van der Waals surface area contributed by atoms with Crippen molar-refractivity contribution in [3.63, 3.8) is 0 Å². The minimum Gasteiger partial charge on any atom is -0.396 e. The number of aryl methyl sites for hydroxylation is 1. The summed E-state index contributed by atoms with van der Waals surface area (Å²) in [5, 5.41) is 11.9. The Morgan fingerprint density at radius 3 is 2.55 bits per heavy atom. The third-order valence-corrected chi connectivity index (χ3v) is 5.00. The average molecular weight is 448 g/mol. The zero-order valence-electron chi connectivity index (χ0n) is 16.7. The fraction of sp³-hybridized carbons (Fsp3) is 0.227. The van der Waals surface area contributed by atoms with Gasteiger partial charge in [0.15, 0.2) is 0 Å². The smallest absolute Gasteiger partial charge is 0.257 e. The number of aliphatic hydroxyl groups excluding tert-OH is 1. The van der Waals surface area contributed by atoms with Crippen LogP contribution in [0.25, 0.3) is 11.4 Å². The number of carbonyl (C=O) groups excluding carboxylic acids is 1. The van der Waals surface area contributed by atoms with Gasteiger partial charge in [-0.2, -0.15) is 0 Å². The number of aromatic nitrogens is 2. The van der Waals surface area contributed by atoms with Crippen LogP contribution in [0.15, 0.2) is 47.3 Å². The Kier molecular flexibility index (Phi) is 7.14. The van der Waals surface area contributed by atoms with Gasteiger partial charge >= 0.3 is 0 Å². The molecule has 0 saturated carbocycles. The second-order valence-electron chi connectivity index (χ2n) is 6.90. The Hall–Kier alpha value is -3.10. The standard InChI is InChI=1S/C22H20ClF2N3O3/c1-13-17(8-9-29)22(31)28(21(27-13)15-3-5-16(24)6-4-15)12-20(30)26-11-14-2-7-19(25)18(23)10-14/h2-7,10,29H,8-9,11-12H2,1H3,(H,26,30). The molecule has 0 fully saturated rings. The maximum atomic E-state index is 13.3. The van der Waals surface area contributed by atoms with E-state index in [1.54, 1.807) is 6.92 Å². The van der Waals surface area contributed by atoms with Gasteiger partial charge in [-0.05, 0) is 48.9 Å². The normalized spacial score (nSPS) is 10.9. The van der Waals surface area contributed by atoms with E-state index in [-0.39, 0.29) is 37.0 Å². The highest BCUT2D eigenvalue weighted by Crippen LogP contribution is 2.19. The van der Waals surface area contributed by atoms with Crippen LogP contribution < -0.4 is 10.9 Å². The highest BCUT2D eigenvalue weighted by atomic mass is 35.5. The minimum atomic E-state index is -0.561. The van der Waals surface area contributed by atoms with Crippen LogP contribution >= 0.6 is 11.6 Å². The first-order valence-electron chi connectivity index (χ1n) is 9.48. The molecule has 0 atom stereocenters. The van der Waals surface area contributed by atoms with Gasteiger partial charge in [-0.3, -0.25) is 14.2 Å². The lowest BCUT2D eigenvalue weighted by molar-refractivity contribution is -0.121. The number of carbonyl (C=O) groups is 1. The lowest BCUT2D eigenvalue weighted by Crippen LogP contribution is -2.35. The highest BCUT2D eigenvalue weighted by Gasteiger charge is 2.18. The largest absolute Gasteiger partial charge is 0.396 e. The number of benzene rings is 2. The Morgan fingerprint density at radius 2 is 1.90 bits per heavy atom. The summed E-state index contributed by atoms with van der Waals surface area (Å²) in [6, 6.07) is 9.51. The molecule has 2 aromatic carbocycles. The molecule has 1 aromatic heterocycles. The molecule has 0 unspecified atom stereocenters. The van der Waals surface area contributed by atoms with Crippen LogP contribution in [0.2, 0.25) is 5.02 Å². The summed E-state index contributed by atoms with van der Waals surface area (Å²) in [7, 11) is 0. The summed E-state index contributed by atoms with van der Waals surface area (Å²) >= 11 is 5.75. The molecule has 31 heavy (non-hydrogen) atoms. The average Bonchev–Trinajstić information content (AvgIpc) is 2.74. The zero-order valence-corrected chi connectivity index (χ0v) is 17.4. The molecule has 1 amide bonds. The van der Waals surface area contributed by atoms with Gasteiger partial charge in [-0.15, -0.1) is 0 Å². The summed E-state index contributed by atoms with van der Waals surface area (Å²) in [6.45, 7) is 1.14. The van der Waals surface area contributed by atoms with Crippen molar-refractivity contribution < 1.29 is 18.7 Å². The van der Waals surface area contributed by atoms with Crippen LogP contribution in [0.1, 0.15) is 16.8 Å². The Balaban J connectivity index is 1.91. The van der Waals surface area contributed by atoms with Crippen molar-refractivity contribution in [1.82, 2.24) is 14.9 Å². The van der Waals surface area contributed by atoms with E-state index in [0.717, 1.165) is 0 Å². The SMILES string of the molecule is Cc1nc(-c2ccc(F)cc2)n(CC(=O)NCc2ccc(F)c(Cl)c2)c(=O)c1CCO. The van der Waals surface area contributed by atoms with Crippen molar-refractivity contribution in [3.8, 4) is 11.4 Å². The van der Waals surface area contributed by atoms with Gasteiger partial charge in [0.25, 0.3) is 5.56 Å². The lowest BCUT2D eigenvalue weighted by atomic mass is 10.1. The van der Waals surface area contributed by atoms with Gasteiger partial charge in [-0.1, -0.05) is 17.7 Å². The summed E-state index contributed by atoms with van der Waals surface area (Å²) < 4.78 is 27.8. The fourth-order valence-electron chi connectivity index (χ4n) is 3.12. The summed E-state index contributed by atoms with van der Waals surface area (Å²) in [5.41, 5.74) is 1.33. The number of nitrogens with zero attached hydrogens (tertiary/aromatic N) is 2.